The number of aromatic amines is 1. The number of H-pyrrole nitrogens is 1. The van der Waals surface area contributed by atoms with Crippen LogP contribution in [0.4, 0.5) is 0 Å². The predicted octanol–water partition coefficient (Wildman–Crippen LogP) is 3.39. The van der Waals surface area contributed by atoms with Gasteiger partial charge < -0.3 is 5.32 Å². The van der Waals surface area contributed by atoms with Crippen molar-refractivity contribution >= 4 is 5.91 Å². The lowest BCUT2D eigenvalue weighted by molar-refractivity contribution is 0.0953. The van der Waals surface area contributed by atoms with Crippen molar-refractivity contribution in [2.45, 2.75) is 32.6 Å². The first-order valence-corrected chi connectivity index (χ1v) is 7.18. The number of unbranched alkanes of at least 4 members (excludes halogenated alkanes) is 3. The second-order valence-electron chi connectivity index (χ2n) is 4.88. The second kappa shape index (κ2) is 7.48. The van der Waals surface area contributed by atoms with Crippen molar-refractivity contribution in [3.63, 3.8) is 0 Å². The molecule has 20 heavy (non-hydrogen) atoms. The maximum atomic E-state index is 12.1. The highest BCUT2D eigenvalue weighted by atomic mass is 16.1. The molecule has 0 radical (unpaired) electrons. The Morgan fingerprint density at radius 2 is 2.15 bits per heavy atom. The maximum Gasteiger partial charge on any atom is 0.251 e. The smallest absolute Gasteiger partial charge is 0.251 e. The van der Waals surface area contributed by atoms with Gasteiger partial charge in [-0.05, 0) is 24.1 Å². The lowest BCUT2D eigenvalue weighted by Crippen LogP contribution is -2.24. The Labute approximate surface area is 119 Å². The minimum Gasteiger partial charge on any atom is -0.352 e. The fourth-order valence-electron chi connectivity index (χ4n) is 2.10. The molecule has 0 saturated carbocycles. The lowest BCUT2D eigenvalue weighted by atomic mass is 10.1. The Morgan fingerprint density at radius 3 is 2.90 bits per heavy atom. The summed E-state index contributed by atoms with van der Waals surface area (Å²) in [4.78, 5) is 12.1. The number of aromatic nitrogens is 2. The quantitative estimate of drug-likeness (QED) is 0.758. The van der Waals surface area contributed by atoms with E-state index in [-0.39, 0.29) is 5.91 Å². The summed E-state index contributed by atoms with van der Waals surface area (Å²) < 4.78 is 0. The maximum absolute atomic E-state index is 12.1. The fraction of sp³-hybridized carbons (Fsp3) is 0.375. The molecule has 1 aromatic heterocycles. The minimum absolute atomic E-state index is 0.00755. The van der Waals surface area contributed by atoms with Gasteiger partial charge in [-0.3, -0.25) is 9.89 Å². The van der Waals surface area contributed by atoms with Gasteiger partial charge in [0.25, 0.3) is 5.91 Å². The zero-order valence-electron chi connectivity index (χ0n) is 11.9. The van der Waals surface area contributed by atoms with Gasteiger partial charge in [0.1, 0.15) is 0 Å². The highest BCUT2D eigenvalue weighted by molar-refractivity contribution is 5.95. The number of carbonyl (C=O) groups is 1. The van der Waals surface area contributed by atoms with Crippen LogP contribution in [0.1, 0.15) is 43.0 Å². The minimum atomic E-state index is -0.00755. The van der Waals surface area contributed by atoms with Gasteiger partial charge in [0, 0.05) is 23.9 Å². The van der Waals surface area contributed by atoms with E-state index in [4.69, 9.17) is 0 Å². The van der Waals surface area contributed by atoms with Crippen LogP contribution >= 0.6 is 0 Å². The van der Waals surface area contributed by atoms with Crippen LogP contribution < -0.4 is 5.32 Å². The lowest BCUT2D eigenvalue weighted by Gasteiger charge is -2.06. The Kier molecular flexibility index (Phi) is 5.35. The number of benzene rings is 1. The highest BCUT2D eigenvalue weighted by Crippen LogP contribution is 2.18. The van der Waals surface area contributed by atoms with Crippen molar-refractivity contribution < 1.29 is 4.79 Å². The molecule has 2 N–H and O–H groups in total. The summed E-state index contributed by atoms with van der Waals surface area (Å²) in [6, 6.07) is 7.61. The Morgan fingerprint density at radius 1 is 1.25 bits per heavy atom. The first-order valence-electron chi connectivity index (χ1n) is 7.18. The Hall–Kier alpha value is -2.10. The van der Waals surface area contributed by atoms with Gasteiger partial charge in [0.2, 0.25) is 0 Å². The standard InChI is InChI=1S/C16H21N3O/c1-2-3-4-5-9-17-16(20)14-8-6-7-13(10-14)15-11-18-19-12-15/h6-8,10-12H,2-5,9H2,1H3,(H,17,20)(H,18,19). The van der Waals surface area contributed by atoms with Crippen LogP contribution in [0.2, 0.25) is 0 Å². The molecule has 0 atom stereocenters. The zero-order valence-corrected chi connectivity index (χ0v) is 11.9. The summed E-state index contributed by atoms with van der Waals surface area (Å²) in [5, 5.41) is 9.67. The van der Waals surface area contributed by atoms with E-state index in [0.717, 1.165) is 24.1 Å². The van der Waals surface area contributed by atoms with Gasteiger partial charge >= 0.3 is 0 Å². The summed E-state index contributed by atoms with van der Waals surface area (Å²) in [6.45, 7) is 2.93. The summed E-state index contributed by atoms with van der Waals surface area (Å²) in [7, 11) is 0. The molecule has 1 aromatic carbocycles. The molecule has 2 aromatic rings. The van der Waals surface area contributed by atoms with E-state index in [1.54, 1.807) is 6.20 Å². The van der Waals surface area contributed by atoms with Crippen LogP contribution in [0.3, 0.4) is 0 Å². The molecular formula is C16H21N3O. The van der Waals surface area contributed by atoms with Crippen molar-refractivity contribution in [3.8, 4) is 11.1 Å². The van der Waals surface area contributed by atoms with Gasteiger partial charge in [0.05, 0.1) is 6.20 Å². The van der Waals surface area contributed by atoms with E-state index in [1.807, 2.05) is 30.5 Å². The van der Waals surface area contributed by atoms with E-state index in [2.05, 4.69) is 22.4 Å². The molecular weight excluding hydrogens is 250 g/mol. The zero-order chi connectivity index (χ0) is 14.2. The average Bonchev–Trinajstić information content (AvgIpc) is 3.01. The average molecular weight is 271 g/mol. The molecule has 2 rings (SSSR count). The van der Waals surface area contributed by atoms with E-state index < -0.39 is 0 Å². The van der Waals surface area contributed by atoms with E-state index in [9.17, 15) is 4.79 Å². The normalized spacial score (nSPS) is 10.4. The Bertz CT molecular complexity index is 534. The number of nitrogens with zero attached hydrogens (tertiary/aromatic N) is 1. The van der Waals surface area contributed by atoms with Gasteiger partial charge in [-0.2, -0.15) is 5.10 Å². The molecule has 0 bridgehead atoms. The third-order valence-corrected chi connectivity index (χ3v) is 3.27. The SMILES string of the molecule is CCCCCCNC(=O)c1cccc(-c2cn[nH]c2)c1. The Balaban J connectivity index is 1.92. The molecule has 1 amide bonds. The van der Waals surface area contributed by atoms with Crippen LogP contribution in [-0.4, -0.2) is 22.6 Å². The van der Waals surface area contributed by atoms with Crippen LogP contribution in [-0.2, 0) is 0 Å². The molecule has 0 spiro atoms. The molecule has 0 saturated heterocycles. The van der Waals surface area contributed by atoms with Gasteiger partial charge in [-0.15, -0.1) is 0 Å². The van der Waals surface area contributed by atoms with Gasteiger partial charge in [0.15, 0.2) is 0 Å². The van der Waals surface area contributed by atoms with Crippen LogP contribution in [0, 0.1) is 0 Å². The topological polar surface area (TPSA) is 57.8 Å². The number of hydrogen-bond acceptors (Lipinski definition) is 2. The molecule has 0 fully saturated rings. The monoisotopic (exact) mass is 271 g/mol. The third kappa shape index (κ3) is 3.95. The number of nitrogens with one attached hydrogen (secondary N) is 2. The first-order chi connectivity index (χ1) is 9.81. The number of rotatable bonds is 7. The van der Waals surface area contributed by atoms with Crippen molar-refractivity contribution in [3.05, 3.63) is 42.2 Å². The van der Waals surface area contributed by atoms with Crippen molar-refractivity contribution in [1.29, 1.82) is 0 Å². The number of carbonyl (C=O) groups excluding carboxylic acids is 1. The molecule has 0 unspecified atom stereocenters. The first kappa shape index (κ1) is 14.3. The van der Waals surface area contributed by atoms with Crippen molar-refractivity contribution in [1.82, 2.24) is 15.5 Å². The predicted molar refractivity (Wildman–Crippen MR) is 80.5 cm³/mol. The van der Waals surface area contributed by atoms with E-state index in [1.165, 1.54) is 19.3 Å². The largest absolute Gasteiger partial charge is 0.352 e. The van der Waals surface area contributed by atoms with Gasteiger partial charge in [-0.25, -0.2) is 0 Å². The molecule has 4 nitrogen and oxygen atoms in total. The summed E-state index contributed by atoms with van der Waals surface area (Å²) >= 11 is 0. The van der Waals surface area contributed by atoms with Crippen LogP contribution in [0.15, 0.2) is 36.7 Å². The molecule has 0 aliphatic heterocycles. The molecule has 1 heterocycles. The fourth-order valence-corrected chi connectivity index (χ4v) is 2.10. The van der Waals surface area contributed by atoms with Gasteiger partial charge in [-0.1, -0.05) is 38.3 Å². The number of hydrogen-bond donors (Lipinski definition) is 2. The van der Waals surface area contributed by atoms with Crippen LogP contribution in [0.25, 0.3) is 11.1 Å². The molecule has 0 aliphatic carbocycles. The van der Waals surface area contributed by atoms with Crippen LogP contribution in [0.5, 0.6) is 0 Å². The molecule has 0 aliphatic rings. The molecule has 4 heteroatoms. The third-order valence-electron chi connectivity index (χ3n) is 3.27. The second-order valence-corrected chi connectivity index (χ2v) is 4.88. The van der Waals surface area contributed by atoms with E-state index >= 15 is 0 Å². The summed E-state index contributed by atoms with van der Waals surface area (Å²) in [5.74, 6) is -0.00755. The molecule has 106 valence electrons. The van der Waals surface area contributed by atoms with E-state index in [0.29, 0.717) is 5.56 Å². The summed E-state index contributed by atoms with van der Waals surface area (Å²) in [5.41, 5.74) is 2.68. The van der Waals surface area contributed by atoms with Crippen molar-refractivity contribution in [2.75, 3.05) is 6.54 Å². The summed E-state index contributed by atoms with van der Waals surface area (Å²) in [6.07, 6.45) is 8.23. The highest BCUT2D eigenvalue weighted by Gasteiger charge is 2.06. The van der Waals surface area contributed by atoms with Crippen molar-refractivity contribution in [2.24, 2.45) is 0 Å². The number of amides is 1.